The highest BCUT2D eigenvalue weighted by molar-refractivity contribution is 9.09. The number of alkyl halides is 1. The van der Waals surface area contributed by atoms with Crippen LogP contribution in [0.25, 0.3) is 0 Å². The smallest absolute Gasteiger partial charge is 0.285 e. The molecule has 2 rings (SSSR count). The third-order valence-electron chi connectivity index (χ3n) is 3.17. The lowest BCUT2D eigenvalue weighted by atomic mass is 10.1. The molecule has 8 heteroatoms. The van der Waals surface area contributed by atoms with Crippen molar-refractivity contribution >= 4 is 27.5 Å². The Morgan fingerprint density at radius 3 is 2.90 bits per heavy atom. The first-order valence-electron chi connectivity index (χ1n) is 6.37. The Kier molecular flexibility index (Phi) is 4.89. The molecule has 0 N–H and O–H groups in total. The molecule has 1 aromatic carbocycles. The van der Waals surface area contributed by atoms with Gasteiger partial charge in [-0.05, 0) is 19.1 Å². The van der Waals surface area contributed by atoms with Gasteiger partial charge < -0.3 is 9.64 Å². The number of carbonyl (C=O) groups excluding carboxylic acids is 1. The molecule has 0 bridgehead atoms. The number of nitro benzene ring substituents is 1. The van der Waals surface area contributed by atoms with Gasteiger partial charge in [0, 0.05) is 18.4 Å². The molecule has 1 fully saturated rings. The summed E-state index contributed by atoms with van der Waals surface area (Å²) in [6, 6.07) is 2.96. The number of nitro groups is 1. The second-order valence-corrected chi connectivity index (χ2v) is 5.50. The van der Waals surface area contributed by atoms with Crippen LogP contribution in [-0.2, 0) is 4.74 Å². The number of benzene rings is 1. The number of hydrogen-bond donors (Lipinski definition) is 0. The molecule has 21 heavy (non-hydrogen) atoms. The van der Waals surface area contributed by atoms with E-state index < -0.39 is 22.3 Å². The molecule has 1 amide bonds. The number of amides is 1. The number of carbonyl (C=O) groups is 1. The predicted octanol–water partition coefficient (Wildman–Crippen LogP) is 2.36. The Labute approximate surface area is 129 Å². The average Bonchev–Trinajstić information content (AvgIpc) is 2.45. The van der Waals surface area contributed by atoms with Crippen molar-refractivity contribution in [2.75, 3.05) is 18.4 Å². The monoisotopic (exact) mass is 360 g/mol. The first-order chi connectivity index (χ1) is 9.92. The summed E-state index contributed by atoms with van der Waals surface area (Å²) in [6.45, 7) is 2.51. The second-order valence-electron chi connectivity index (χ2n) is 4.85. The molecule has 2 unspecified atom stereocenters. The summed E-state index contributed by atoms with van der Waals surface area (Å²) in [5, 5.41) is 11.5. The highest BCUT2D eigenvalue weighted by Gasteiger charge is 2.31. The van der Waals surface area contributed by atoms with E-state index in [9.17, 15) is 19.3 Å². The van der Waals surface area contributed by atoms with Gasteiger partial charge in [0.25, 0.3) is 11.6 Å². The number of nitrogens with zero attached hydrogens (tertiary/aromatic N) is 2. The van der Waals surface area contributed by atoms with Gasteiger partial charge in [-0.2, -0.15) is 0 Å². The molecule has 0 spiro atoms. The average molecular weight is 361 g/mol. The zero-order valence-corrected chi connectivity index (χ0v) is 12.9. The van der Waals surface area contributed by atoms with E-state index in [0.717, 1.165) is 18.2 Å². The van der Waals surface area contributed by atoms with E-state index in [1.54, 1.807) is 0 Å². The summed E-state index contributed by atoms with van der Waals surface area (Å²) in [4.78, 5) is 24.2. The van der Waals surface area contributed by atoms with Crippen molar-refractivity contribution in [3.8, 4) is 0 Å². The quantitative estimate of drug-likeness (QED) is 0.471. The second kappa shape index (κ2) is 6.48. The summed E-state index contributed by atoms with van der Waals surface area (Å²) >= 11 is 3.30. The van der Waals surface area contributed by atoms with Gasteiger partial charge in [-0.1, -0.05) is 15.9 Å². The molecule has 0 aromatic heterocycles. The predicted molar refractivity (Wildman–Crippen MR) is 77.1 cm³/mol. The molecule has 1 aromatic rings. The molecule has 0 aliphatic carbocycles. The largest absolute Gasteiger partial charge is 0.371 e. The molecule has 1 heterocycles. The van der Waals surface area contributed by atoms with E-state index in [-0.39, 0.29) is 17.8 Å². The first kappa shape index (κ1) is 15.8. The fraction of sp³-hybridized carbons (Fsp3) is 0.462. The zero-order valence-electron chi connectivity index (χ0n) is 11.3. The van der Waals surface area contributed by atoms with E-state index in [0.29, 0.717) is 18.4 Å². The van der Waals surface area contributed by atoms with Gasteiger partial charge in [0.05, 0.1) is 23.2 Å². The molecule has 0 saturated carbocycles. The minimum Gasteiger partial charge on any atom is -0.371 e. The highest BCUT2D eigenvalue weighted by Crippen LogP contribution is 2.23. The van der Waals surface area contributed by atoms with Crippen LogP contribution in [0.2, 0.25) is 0 Å². The lowest BCUT2D eigenvalue weighted by Crippen LogP contribution is -2.49. The molecule has 1 aliphatic rings. The van der Waals surface area contributed by atoms with Crippen LogP contribution in [0.3, 0.4) is 0 Å². The SMILES string of the molecule is CC1CN(C(=O)c2ccc(F)cc2[N+](=O)[O-])CC(CBr)O1. The molecule has 1 saturated heterocycles. The van der Waals surface area contributed by atoms with Gasteiger partial charge in [0.15, 0.2) is 0 Å². The van der Waals surface area contributed by atoms with Gasteiger partial charge >= 0.3 is 0 Å². The fourth-order valence-corrected chi connectivity index (χ4v) is 2.66. The van der Waals surface area contributed by atoms with Crippen molar-refractivity contribution in [3.63, 3.8) is 0 Å². The Morgan fingerprint density at radius 1 is 1.57 bits per heavy atom. The summed E-state index contributed by atoms with van der Waals surface area (Å²) in [5.74, 6) is -1.23. The third kappa shape index (κ3) is 3.56. The maximum Gasteiger partial charge on any atom is 0.285 e. The van der Waals surface area contributed by atoms with Crippen molar-refractivity contribution in [1.82, 2.24) is 4.90 Å². The Morgan fingerprint density at radius 2 is 2.29 bits per heavy atom. The minimum atomic E-state index is -0.748. The van der Waals surface area contributed by atoms with Gasteiger partial charge in [0.1, 0.15) is 11.4 Å². The van der Waals surface area contributed by atoms with E-state index in [1.807, 2.05) is 6.92 Å². The zero-order chi connectivity index (χ0) is 15.6. The van der Waals surface area contributed by atoms with Gasteiger partial charge in [-0.15, -0.1) is 0 Å². The van der Waals surface area contributed by atoms with Gasteiger partial charge in [-0.3, -0.25) is 14.9 Å². The lowest BCUT2D eigenvalue weighted by Gasteiger charge is -2.36. The normalized spacial score (nSPS) is 22.1. The Hall–Kier alpha value is -1.54. The van der Waals surface area contributed by atoms with E-state index in [1.165, 1.54) is 4.90 Å². The van der Waals surface area contributed by atoms with Crippen LogP contribution in [0, 0.1) is 15.9 Å². The van der Waals surface area contributed by atoms with Crippen LogP contribution in [0.15, 0.2) is 18.2 Å². The minimum absolute atomic E-state index is 0.108. The maximum absolute atomic E-state index is 13.1. The molecular formula is C13H14BrFN2O4. The van der Waals surface area contributed by atoms with E-state index in [2.05, 4.69) is 15.9 Å². The van der Waals surface area contributed by atoms with Crippen molar-refractivity contribution < 1.29 is 18.8 Å². The summed E-state index contributed by atoms with van der Waals surface area (Å²) < 4.78 is 18.8. The molecule has 2 atom stereocenters. The van der Waals surface area contributed by atoms with Crippen molar-refractivity contribution in [1.29, 1.82) is 0 Å². The summed E-state index contributed by atoms with van der Waals surface area (Å²) in [5.41, 5.74) is -0.627. The Balaban J connectivity index is 2.29. The number of halogens is 2. The lowest BCUT2D eigenvalue weighted by molar-refractivity contribution is -0.385. The van der Waals surface area contributed by atoms with Gasteiger partial charge in [-0.25, -0.2) is 4.39 Å². The maximum atomic E-state index is 13.1. The van der Waals surface area contributed by atoms with E-state index >= 15 is 0 Å². The highest BCUT2D eigenvalue weighted by atomic mass is 79.9. The number of ether oxygens (including phenoxy) is 1. The van der Waals surface area contributed by atoms with Gasteiger partial charge in [0.2, 0.25) is 0 Å². The molecule has 0 radical (unpaired) electrons. The van der Waals surface area contributed by atoms with Crippen LogP contribution < -0.4 is 0 Å². The van der Waals surface area contributed by atoms with Crippen molar-refractivity contribution in [2.24, 2.45) is 0 Å². The summed E-state index contributed by atoms with van der Waals surface area (Å²) in [6.07, 6.45) is -0.332. The van der Waals surface area contributed by atoms with Crippen LogP contribution in [0.1, 0.15) is 17.3 Å². The third-order valence-corrected chi connectivity index (χ3v) is 3.89. The van der Waals surface area contributed by atoms with Crippen LogP contribution in [0.5, 0.6) is 0 Å². The Bertz CT molecular complexity index is 569. The summed E-state index contributed by atoms with van der Waals surface area (Å²) in [7, 11) is 0. The van der Waals surface area contributed by atoms with Crippen LogP contribution >= 0.6 is 15.9 Å². The number of rotatable bonds is 3. The number of morpholine rings is 1. The first-order valence-corrected chi connectivity index (χ1v) is 7.49. The molecule has 1 aliphatic heterocycles. The van der Waals surface area contributed by atoms with Crippen molar-refractivity contribution in [3.05, 3.63) is 39.7 Å². The topological polar surface area (TPSA) is 72.7 Å². The van der Waals surface area contributed by atoms with E-state index in [4.69, 9.17) is 4.74 Å². The van der Waals surface area contributed by atoms with Crippen molar-refractivity contribution in [2.45, 2.75) is 19.1 Å². The van der Waals surface area contributed by atoms with Crippen LogP contribution in [0.4, 0.5) is 10.1 Å². The number of hydrogen-bond acceptors (Lipinski definition) is 4. The van der Waals surface area contributed by atoms with Crippen LogP contribution in [-0.4, -0.2) is 46.4 Å². The molecule has 114 valence electrons. The molecule has 6 nitrogen and oxygen atoms in total. The fourth-order valence-electron chi connectivity index (χ4n) is 2.30. The molecular weight excluding hydrogens is 347 g/mol. The standard InChI is InChI=1S/C13H14BrFN2O4/c1-8-6-16(7-10(5-14)21-8)13(18)11-3-2-9(15)4-12(11)17(19)20/h2-4,8,10H,5-7H2,1H3.